The van der Waals surface area contributed by atoms with Crippen molar-refractivity contribution in [2.75, 3.05) is 0 Å². The van der Waals surface area contributed by atoms with Gasteiger partial charge < -0.3 is 0 Å². The summed E-state index contributed by atoms with van der Waals surface area (Å²) in [4.78, 5) is 8.21. The molecular weight excluding hydrogens is 342 g/mol. The molecule has 1 heterocycles. The first-order chi connectivity index (χ1) is 4.18. The molecule has 9 heavy (non-hydrogen) atoms. The molecule has 0 unspecified atom stereocenters. The molecule has 0 aliphatic rings. The van der Waals surface area contributed by atoms with Crippen molar-refractivity contribution in [2.45, 2.75) is 6.92 Å². The monoisotopic (exact) mass is 346 g/mol. The van der Waals surface area contributed by atoms with Crippen LogP contribution in [-0.4, -0.2) is 9.97 Å². The van der Waals surface area contributed by atoms with E-state index in [-0.39, 0.29) is 0 Å². The number of hydrogen-bond donors (Lipinski definition) is 0. The zero-order valence-electron chi connectivity index (χ0n) is 4.73. The summed E-state index contributed by atoms with van der Waals surface area (Å²) in [5.74, 6) is 0.839. The lowest BCUT2D eigenvalue weighted by Gasteiger charge is -1.92. The fourth-order valence-corrected chi connectivity index (χ4v) is 2.38. The van der Waals surface area contributed by atoms with E-state index in [0.29, 0.717) is 0 Å². The predicted octanol–water partition coefficient (Wildman–Crippen LogP) is 1.99. The molecule has 0 saturated heterocycles. The highest BCUT2D eigenvalue weighted by Crippen LogP contribution is 2.05. The van der Waals surface area contributed by atoms with E-state index < -0.39 is 0 Å². The maximum Gasteiger partial charge on any atom is 0.127 e. The molecule has 2 nitrogen and oxygen atoms in total. The third kappa shape index (κ3) is 2.32. The van der Waals surface area contributed by atoms with Gasteiger partial charge in [0.1, 0.15) is 13.2 Å². The molecule has 0 atom stereocenters. The predicted molar refractivity (Wildman–Crippen MR) is 52.2 cm³/mol. The zero-order valence-corrected chi connectivity index (χ0v) is 9.04. The number of nitrogens with zero attached hydrogens (tertiary/aromatic N) is 2. The van der Waals surface area contributed by atoms with Crippen molar-refractivity contribution in [3.8, 4) is 0 Å². The quantitative estimate of drug-likeness (QED) is 0.531. The van der Waals surface area contributed by atoms with E-state index in [1.165, 1.54) is 0 Å². The Hall–Kier alpha value is 0.540. The second-order valence-electron chi connectivity index (χ2n) is 1.56. The van der Waals surface area contributed by atoms with Crippen LogP contribution in [0.5, 0.6) is 0 Å². The summed E-state index contributed by atoms with van der Waals surface area (Å²) in [6.45, 7) is 1.89. The summed E-state index contributed by atoms with van der Waals surface area (Å²) >= 11 is 4.35. The van der Waals surface area contributed by atoms with Crippen molar-refractivity contribution < 1.29 is 0 Å². The van der Waals surface area contributed by atoms with Gasteiger partial charge in [0.15, 0.2) is 0 Å². The smallest absolute Gasteiger partial charge is 0.127 e. The van der Waals surface area contributed by atoms with E-state index in [4.69, 9.17) is 0 Å². The Morgan fingerprint density at radius 2 is 1.67 bits per heavy atom. The van der Waals surface area contributed by atoms with Crippen LogP contribution in [0, 0.1) is 14.3 Å². The van der Waals surface area contributed by atoms with Crippen molar-refractivity contribution >= 4 is 45.2 Å². The summed E-state index contributed by atoms with van der Waals surface area (Å²) in [6, 6.07) is 1.94. The van der Waals surface area contributed by atoms with E-state index in [1.807, 2.05) is 13.0 Å². The van der Waals surface area contributed by atoms with Gasteiger partial charge in [0.2, 0.25) is 0 Å². The van der Waals surface area contributed by atoms with E-state index in [2.05, 4.69) is 55.1 Å². The zero-order chi connectivity index (χ0) is 6.85. The van der Waals surface area contributed by atoms with Gasteiger partial charge >= 0.3 is 0 Å². The van der Waals surface area contributed by atoms with E-state index in [0.717, 1.165) is 13.2 Å². The van der Waals surface area contributed by atoms with Crippen LogP contribution in [0.25, 0.3) is 0 Å². The second kappa shape index (κ2) is 3.09. The van der Waals surface area contributed by atoms with Crippen LogP contribution in [0.4, 0.5) is 0 Å². The average Bonchev–Trinajstić information content (AvgIpc) is 1.59. The molecule has 0 aliphatic heterocycles. The van der Waals surface area contributed by atoms with Crippen molar-refractivity contribution in [3.63, 3.8) is 0 Å². The summed E-state index contributed by atoms with van der Waals surface area (Å²) in [7, 11) is 0. The first-order valence-corrected chi connectivity index (χ1v) is 4.51. The lowest BCUT2D eigenvalue weighted by molar-refractivity contribution is 1.01. The molecular formula is C5H4I2N2. The van der Waals surface area contributed by atoms with Crippen molar-refractivity contribution in [1.29, 1.82) is 0 Å². The van der Waals surface area contributed by atoms with Gasteiger partial charge in [0, 0.05) is 6.07 Å². The largest absolute Gasteiger partial charge is 0.227 e. The fourth-order valence-electron chi connectivity index (χ4n) is 0.497. The van der Waals surface area contributed by atoms with Crippen LogP contribution >= 0.6 is 45.2 Å². The van der Waals surface area contributed by atoms with Gasteiger partial charge in [-0.25, -0.2) is 9.97 Å². The number of rotatable bonds is 0. The van der Waals surface area contributed by atoms with Gasteiger partial charge in [0.05, 0.1) is 0 Å². The third-order valence-corrected chi connectivity index (χ3v) is 1.88. The molecule has 0 aromatic carbocycles. The normalized spacial score (nSPS) is 9.67. The van der Waals surface area contributed by atoms with Crippen molar-refractivity contribution in [3.05, 3.63) is 19.3 Å². The van der Waals surface area contributed by atoms with E-state index in [1.54, 1.807) is 0 Å². The van der Waals surface area contributed by atoms with Crippen molar-refractivity contribution in [1.82, 2.24) is 9.97 Å². The van der Waals surface area contributed by atoms with Gasteiger partial charge in [-0.3, -0.25) is 0 Å². The summed E-state index contributed by atoms with van der Waals surface area (Å²) < 4.78 is 2.01. The average molecular weight is 346 g/mol. The van der Waals surface area contributed by atoms with Gasteiger partial charge in [0.25, 0.3) is 0 Å². The van der Waals surface area contributed by atoms with Crippen LogP contribution in [-0.2, 0) is 0 Å². The maximum absolute atomic E-state index is 4.11. The highest BCUT2D eigenvalue weighted by Gasteiger charge is 1.93. The molecule has 0 N–H and O–H groups in total. The van der Waals surface area contributed by atoms with Crippen LogP contribution in [0.2, 0.25) is 0 Å². The van der Waals surface area contributed by atoms with Crippen LogP contribution in [0.1, 0.15) is 5.82 Å². The first-order valence-electron chi connectivity index (χ1n) is 2.35. The molecule has 0 aliphatic carbocycles. The summed E-state index contributed by atoms with van der Waals surface area (Å²) in [5, 5.41) is 0. The highest BCUT2D eigenvalue weighted by molar-refractivity contribution is 14.1. The number of halogens is 2. The molecule has 1 aromatic heterocycles. The van der Waals surface area contributed by atoms with Crippen molar-refractivity contribution in [2.24, 2.45) is 0 Å². The fraction of sp³-hybridized carbons (Fsp3) is 0.200. The topological polar surface area (TPSA) is 25.8 Å². The van der Waals surface area contributed by atoms with Gasteiger partial charge in [-0.2, -0.15) is 0 Å². The van der Waals surface area contributed by atoms with Gasteiger partial charge in [-0.1, -0.05) is 0 Å². The second-order valence-corrected chi connectivity index (χ2v) is 3.77. The van der Waals surface area contributed by atoms with Gasteiger partial charge in [-0.15, -0.1) is 0 Å². The van der Waals surface area contributed by atoms with Crippen LogP contribution < -0.4 is 0 Å². The Morgan fingerprint density at radius 3 is 2.00 bits per heavy atom. The Bertz CT molecular complexity index is 174. The molecule has 1 aromatic rings. The first kappa shape index (κ1) is 7.64. The summed E-state index contributed by atoms with van der Waals surface area (Å²) in [6.07, 6.45) is 0. The SMILES string of the molecule is Cc1nc(I)cc(I)n1. The van der Waals surface area contributed by atoms with Gasteiger partial charge in [-0.05, 0) is 52.1 Å². The standard InChI is InChI=1S/C5H4I2N2/c1-3-8-4(6)2-5(7)9-3/h2H,1H3. The molecule has 48 valence electrons. The summed E-state index contributed by atoms with van der Waals surface area (Å²) in [5.41, 5.74) is 0. The molecule has 0 spiro atoms. The van der Waals surface area contributed by atoms with Crippen LogP contribution in [0.15, 0.2) is 6.07 Å². The van der Waals surface area contributed by atoms with Crippen LogP contribution in [0.3, 0.4) is 0 Å². The Morgan fingerprint density at radius 1 is 1.22 bits per heavy atom. The number of aromatic nitrogens is 2. The minimum Gasteiger partial charge on any atom is -0.227 e. The molecule has 0 bridgehead atoms. The Kier molecular flexibility index (Phi) is 2.62. The molecule has 0 amide bonds. The third-order valence-electron chi connectivity index (χ3n) is 0.775. The molecule has 4 heteroatoms. The molecule has 1 rings (SSSR count). The number of aryl methyl sites for hydroxylation is 1. The van der Waals surface area contributed by atoms with E-state index >= 15 is 0 Å². The Balaban J connectivity index is 3.17. The molecule has 0 saturated carbocycles. The molecule has 0 radical (unpaired) electrons. The lowest BCUT2D eigenvalue weighted by atomic mass is 10.6. The number of hydrogen-bond acceptors (Lipinski definition) is 2. The Labute approximate surface area is 80.8 Å². The van der Waals surface area contributed by atoms with E-state index in [9.17, 15) is 0 Å². The lowest BCUT2D eigenvalue weighted by Crippen LogP contribution is -1.91. The minimum atomic E-state index is 0.839. The highest BCUT2D eigenvalue weighted by atomic mass is 127. The maximum atomic E-state index is 4.11. The minimum absolute atomic E-state index is 0.839. The molecule has 0 fully saturated rings.